The number of aryl methyl sites for hydroxylation is 1. The molecule has 0 bridgehead atoms. The predicted molar refractivity (Wildman–Crippen MR) is 84.5 cm³/mol. The molecule has 0 atom stereocenters. The third-order valence-electron chi connectivity index (χ3n) is 3.63. The largest absolute Gasteiger partial charge is 0.354 e. The van der Waals surface area contributed by atoms with E-state index in [1.807, 2.05) is 23.3 Å². The third kappa shape index (κ3) is 4.34. The fraction of sp³-hybridized carbons (Fsp3) is 0.769. The summed E-state index contributed by atoms with van der Waals surface area (Å²) in [7, 11) is 0. The van der Waals surface area contributed by atoms with Crippen molar-refractivity contribution in [1.29, 1.82) is 0 Å². The number of carbonyl (C=O) groups excluding carboxylic acids is 1. The van der Waals surface area contributed by atoms with Crippen LogP contribution < -0.4 is 5.32 Å². The second-order valence-electron chi connectivity index (χ2n) is 5.06. The molecule has 1 amide bonds. The molecule has 1 aromatic rings. The van der Waals surface area contributed by atoms with Gasteiger partial charge in [0.2, 0.25) is 5.91 Å². The van der Waals surface area contributed by atoms with Gasteiger partial charge in [-0.15, -0.1) is 0 Å². The average Bonchev–Trinajstić information content (AvgIpc) is 2.81. The lowest BCUT2D eigenvalue weighted by molar-refractivity contribution is -0.122. The summed E-state index contributed by atoms with van der Waals surface area (Å²) in [6.45, 7) is 3.34. The number of rotatable bonds is 6. The minimum Gasteiger partial charge on any atom is -0.354 e. The number of aromatic amines is 1. The molecule has 0 spiro atoms. The lowest BCUT2D eigenvalue weighted by Crippen LogP contribution is -2.30. The summed E-state index contributed by atoms with van der Waals surface area (Å²) in [6.07, 6.45) is 3.84. The Balaban J connectivity index is 1.73. The summed E-state index contributed by atoms with van der Waals surface area (Å²) in [5, 5.41) is 9.94. The smallest absolute Gasteiger partial charge is 0.220 e. The predicted octanol–water partition coefficient (Wildman–Crippen LogP) is 2.15. The van der Waals surface area contributed by atoms with Crippen molar-refractivity contribution in [3.8, 4) is 0 Å². The van der Waals surface area contributed by atoms with Gasteiger partial charge in [0.05, 0.1) is 0 Å². The van der Waals surface area contributed by atoms with Gasteiger partial charge in [-0.05, 0) is 42.5 Å². The Kier molecular flexibility index (Phi) is 6.09. The Morgan fingerprint density at radius 2 is 2.30 bits per heavy atom. The molecule has 0 unspecified atom stereocenters. The lowest BCUT2D eigenvalue weighted by atomic mass is 9.98. The molecule has 112 valence electrons. The minimum absolute atomic E-state index is 0.162. The number of hydrogen-bond donors (Lipinski definition) is 2. The number of amides is 1. The Bertz CT molecular complexity index is 491. The van der Waals surface area contributed by atoms with E-state index >= 15 is 0 Å². The molecule has 0 aliphatic carbocycles. The fourth-order valence-electron chi connectivity index (χ4n) is 2.44. The zero-order valence-corrected chi connectivity index (χ0v) is 13.5. The average molecular weight is 314 g/mol. The molecule has 7 heteroatoms. The van der Waals surface area contributed by atoms with Gasteiger partial charge in [0.25, 0.3) is 0 Å². The first-order chi connectivity index (χ1) is 9.70. The monoisotopic (exact) mass is 314 g/mol. The Morgan fingerprint density at radius 3 is 3.00 bits per heavy atom. The SMILES string of the molecule is CCc1n[nH]c(=S)n1CCNC(=O)CC1CCSCC1. The van der Waals surface area contributed by atoms with Crippen LogP contribution in [0.4, 0.5) is 0 Å². The highest BCUT2D eigenvalue weighted by molar-refractivity contribution is 7.99. The molecule has 1 saturated heterocycles. The van der Waals surface area contributed by atoms with E-state index in [1.165, 1.54) is 24.3 Å². The first-order valence-corrected chi connectivity index (χ1v) is 8.75. The molecule has 1 aliphatic heterocycles. The van der Waals surface area contributed by atoms with Crippen molar-refractivity contribution in [1.82, 2.24) is 20.1 Å². The number of hydrogen-bond acceptors (Lipinski definition) is 4. The first kappa shape index (κ1) is 15.6. The Morgan fingerprint density at radius 1 is 1.55 bits per heavy atom. The maximum Gasteiger partial charge on any atom is 0.220 e. The quantitative estimate of drug-likeness (QED) is 0.790. The van der Waals surface area contributed by atoms with Crippen LogP contribution in [-0.2, 0) is 17.8 Å². The van der Waals surface area contributed by atoms with Crippen LogP contribution in [0.2, 0.25) is 0 Å². The molecule has 20 heavy (non-hydrogen) atoms. The van der Waals surface area contributed by atoms with Crippen molar-refractivity contribution in [3.63, 3.8) is 0 Å². The Labute approximate surface area is 128 Å². The van der Waals surface area contributed by atoms with E-state index in [2.05, 4.69) is 15.5 Å². The third-order valence-corrected chi connectivity index (χ3v) is 4.99. The van der Waals surface area contributed by atoms with Crippen molar-refractivity contribution >= 4 is 29.9 Å². The van der Waals surface area contributed by atoms with Crippen LogP contribution in [0.25, 0.3) is 0 Å². The van der Waals surface area contributed by atoms with E-state index in [0.29, 0.717) is 30.2 Å². The van der Waals surface area contributed by atoms with Gasteiger partial charge in [0, 0.05) is 25.9 Å². The van der Waals surface area contributed by atoms with Crippen LogP contribution >= 0.6 is 24.0 Å². The van der Waals surface area contributed by atoms with Gasteiger partial charge in [0.1, 0.15) is 5.82 Å². The summed E-state index contributed by atoms with van der Waals surface area (Å²) >= 11 is 7.17. The fourth-order valence-corrected chi connectivity index (χ4v) is 3.89. The molecule has 5 nitrogen and oxygen atoms in total. The molecule has 2 N–H and O–H groups in total. The van der Waals surface area contributed by atoms with Gasteiger partial charge in [-0.3, -0.25) is 9.89 Å². The van der Waals surface area contributed by atoms with Crippen molar-refractivity contribution in [2.75, 3.05) is 18.1 Å². The number of nitrogens with zero attached hydrogens (tertiary/aromatic N) is 2. The summed E-state index contributed by atoms with van der Waals surface area (Å²) in [6, 6.07) is 0. The highest BCUT2D eigenvalue weighted by Gasteiger charge is 2.17. The molecule has 0 aromatic carbocycles. The van der Waals surface area contributed by atoms with Crippen LogP contribution in [0.15, 0.2) is 0 Å². The van der Waals surface area contributed by atoms with Crippen molar-refractivity contribution < 1.29 is 4.79 Å². The standard InChI is InChI=1S/C13H22N4OS2/c1-2-11-15-16-13(19)17(11)6-5-14-12(18)9-10-3-7-20-8-4-10/h10H,2-9H2,1H3,(H,14,18)(H,16,19). The molecule has 1 fully saturated rings. The summed E-state index contributed by atoms with van der Waals surface area (Å²) in [5.74, 6) is 4.06. The van der Waals surface area contributed by atoms with Crippen LogP contribution in [-0.4, -0.2) is 38.7 Å². The first-order valence-electron chi connectivity index (χ1n) is 7.19. The van der Waals surface area contributed by atoms with E-state index in [0.717, 1.165) is 12.2 Å². The number of nitrogens with one attached hydrogen (secondary N) is 2. The minimum atomic E-state index is 0.162. The van der Waals surface area contributed by atoms with Gasteiger partial charge < -0.3 is 9.88 Å². The maximum atomic E-state index is 11.9. The van der Waals surface area contributed by atoms with Gasteiger partial charge in [0.15, 0.2) is 4.77 Å². The molecule has 1 aliphatic rings. The highest BCUT2D eigenvalue weighted by atomic mass is 32.2. The number of aromatic nitrogens is 3. The van der Waals surface area contributed by atoms with E-state index < -0.39 is 0 Å². The highest BCUT2D eigenvalue weighted by Crippen LogP contribution is 2.24. The zero-order valence-electron chi connectivity index (χ0n) is 11.9. The van der Waals surface area contributed by atoms with Crippen LogP contribution in [0.1, 0.15) is 32.0 Å². The molecular formula is C13H22N4OS2. The lowest BCUT2D eigenvalue weighted by Gasteiger charge is -2.20. The van der Waals surface area contributed by atoms with E-state index in [-0.39, 0.29) is 5.91 Å². The number of carbonyl (C=O) groups is 1. The summed E-state index contributed by atoms with van der Waals surface area (Å²) < 4.78 is 2.58. The van der Waals surface area contributed by atoms with Crippen molar-refractivity contribution in [2.45, 2.75) is 39.2 Å². The van der Waals surface area contributed by atoms with Gasteiger partial charge >= 0.3 is 0 Å². The zero-order chi connectivity index (χ0) is 14.4. The van der Waals surface area contributed by atoms with Crippen LogP contribution in [0.5, 0.6) is 0 Å². The second kappa shape index (κ2) is 7.83. The van der Waals surface area contributed by atoms with Crippen LogP contribution in [0.3, 0.4) is 0 Å². The normalized spacial score (nSPS) is 16.2. The molecule has 2 rings (SSSR count). The van der Waals surface area contributed by atoms with E-state index in [9.17, 15) is 4.79 Å². The molecular weight excluding hydrogens is 292 g/mol. The maximum absolute atomic E-state index is 11.9. The topological polar surface area (TPSA) is 62.7 Å². The van der Waals surface area contributed by atoms with Crippen molar-refractivity contribution in [3.05, 3.63) is 10.6 Å². The van der Waals surface area contributed by atoms with Gasteiger partial charge in [-0.25, -0.2) is 0 Å². The number of thioether (sulfide) groups is 1. The molecule has 1 aromatic heterocycles. The summed E-state index contributed by atoms with van der Waals surface area (Å²) in [4.78, 5) is 11.9. The molecule has 2 heterocycles. The number of H-pyrrole nitrogens is 1. The Hall–Kier alpha value is -0.820. The van der Waals surface area contributed by atoms with E-state index in [1.54, 1.807) is 0 Å². The molecule has 0 radical (unpaired) electrons. The second-order valence-corrected chi connectivity index (χ2v) is 6.67. The van der Waals surface area contributed by atoms with E-state index in [4.69, 9.17) is 12.2 Å². The summed E-state index contributed by atoms with van der Waals surface area (Å²) in [5.41, 5.74) is 0. The van der Waals surface area contributed by atoms with Crippen LogP contribution in [0, 0.1) is 10.7 Å². The van der Waals surface area contributed by atoms with Gasteiger partial charge in [-0.1, -0.05) is 6.92 Å². The van der Waals surface area contributed by atoms with Gasteiger partial charge in [-0.2, -0.15) is 16.9 Å². The van der Waals surface area contributed by atoms with Crippen molar-refractivity contribution in [2.24, 2.45) is 5.92 Å². The molecule has 0 saturated carbocycles.